The molecule has 182 valence electrons. The molecule has 2 aromatic heterocycles. The number of anilines is 3. The summed E-state index contributed by atoms with van der Waals surface area (Å²) < 4.78 is 53.4. The lowest BCUT2D eigenvalue weighted by Gasteiger charge is -2.27. The number of fused-ring (bicyclic) bond motifs is 3. The van der Waals surface area contributed by atoms with Gasteiger partial charge >= 0.3 is 6.18 Å². The van der Waals surface area contributed by atoms with E-state index in [0.717, 1.165) is 18.7 Å². The van der Waals surface area contributed by atoms with Crippen molar-refractivity contribution in [3.05, 3.63) is 16.9 Å². The normalized spacial score (nSPS) is 22.8. The van der Waals surface area contributed by atoms with Crippen molar-refractivity contribution in [2.45, 2.75) is 51.1 Å². The van der Waals surface area contributed by atoms with E-state index < -0.39 is 18.6 Å². The summed E-state index contributed by atoms with van der Waals surface area (Å²) in [5.74, 6) is 1.38. The van der Waals surface area contributed by atoms with Crippen molar-refractivity contribution in [1.29, 1.82) is 0 Å². The van der Waals surface area contributed by atoms with Gasteiger partial charge in [0, 0.05) is 19.0 Å². The Balaban J connectivity index is 0.000000454. The first-order chi connectivity index (χ1) is 15.6. The SMILES string of the molecule is Cc1c2c(nn1C1CCNCC1F)OCC[C@@H](C)Nc1nc(ncc1Cl)N2.O=CC(F)(F)F. The molecular formula is C19H24ClF4N7O2. The van der Waals surface area contributed by atoms with Crippen molar-refractivity contribution >= 4 is 35.3 Å². The summed E-state index contributed by atoms with van der Waals surface area (Å²) in [4.78, 5) is 17.4. The molecule has 0 aromatic carbocycles. The van der Waals surface area contributed by atoms with E-state index >= 15 is 0 Å². The van der Waals surface area contributed by atoms with Crippen LogP contribution in [0.5, 0.6) is 5.88 Å². The van der Waals surface area contributed by atoms with Gasteiger partial charge in [-0.25, -0.2) is 9.37 Å². The van der Waals surface area contributed by atoms with Gasteiger partial charge in [-0.05, 0) is 26.8 Å². The van der Waals surface area contributed by atoms with Crippen LogP contribution in [-0.2, 0) is 4.79 Å². The number of carbonyl (C=O) groups excluding carboxylic acids is 1. The predicted molar refractivity (Wildman–Crippen MR) is 114 cm³/mol. The summed E-state index contributed by atoms with van der Waals surface area (Å²) in [6.07, 6.45) is -3.74. The molecule has 0 aliphatic carbocycles. The molecule has 33 heavy (non-hydrogen) atoms. The van der Waals surface area contributed by atoms with Gasteiger partial charge in [0.1, 0.15) is 16.9 Å². The minimum Gasteiger partial charge on any atom is -0.475 e. The monoisotopic (exact) mass is 493 g/mol. The molecule has 0 spiro atoms. The van der Waals surface area contributed by atoms with Gasteiger partial charge in [-0.15, -0.1) is 5.10 Å². The highest BCUT2D eigenvalue weighted by Crippen LogP contribution is 2.35. The van der Waals surface area contributed by atoms with Crippen LogP contribution >= 0.6 is 11.6 Å². The van der Waals surface area contributed by atoms with Gasteiger partial charge in [0.25, 0.3) is 5.88 Å². The van der Waals surface area contributed by atoms with E-state index in [1.54, 1.807) is 10.9 Å². The van der Waals surface area contributed by atoms with Crippen LogP contribution in [0, 0.1) is 6.92 Å². The summed E-state index contributed by atoms with van der Waals surface area (Å²) in [7, 11) is 0. The quantitative estimate of drug-likeness (QED) is 0.409. The molecule has 2 unspecified atom stereocenters. The molecule has 0 amide bonds. The highest BCUT2D eigenvalue weighted by atomic mass is 35.5. The second kappa shape index (κ2) is 10.5. The summed E-state index contributed by atoms with van der Waals surface area (Å²) >= 11 is 6.20. The largest absolute Gasteiger partial charge is 0.475 e. The Morgan fingerprint density at radius 3 is 2.73 bits per heavy atom. The molecule has 14 heteroatoms. The van der Waals surface area contributed by atoms with Crippen LogP contribution in [0.15, 0.2) is 6.20 Å². The second-order valence-corrected chi connectivity index (χ2v) is 8.05. The highest BCUT2D eigenvalue weighted by molar-refractivity contribution is 6.32. The van der Waals surface area contributed by atoms with Crippen LogP contribution in [0.1, 0.15) is 31.5 Å². The number of nitrogens with one attached hydrogen (secondary N) is 3. The molecule has 3 N–H and O–H groups in total. The molecule has 1 fully saturated rings. The predicted octanol–water partition coefficient (Wildman–Crippen LogP) is 3.58. The zero-order valence-electron chi connectivity index (χ0n) is 17.9. The van der Waals surface area contributed by atoms with Gasteiger partial charge in [0.2, 0.25) is 12.2 Å². The summed E-state index contributed by atoms with van der Waals surface area (Å²) in [6, 6.07) is -0.214. The lowest BCUT2D eigenvalue weighted by molar-refractivity contribution is -0.156. The number of piperidine rings is 1. The van der Waals surface area contributed by atoms with E-state index in [1.165, 1.54) is 0 Å². The molecule has 2 bridgehead atoms. The van der Waals surface area contributed by atoms with Crippen molar-refractivity contribution in [2.24, 2.45) is 0 Å². The first-order valence-electron chi connectivity index (χ1n) is 10.2. The second-order valence-electron chi connectivity index (χ2n) is 7.64. The van der Waals surface area contributed by atoms with Crippen molar-refractivity contribution in [2.75, 3.05) is 30.3 Å². The number of carbonyl (C=O) groups is 1. The Bertz CT molecular complexity index is 972. The summed E-state index contributed by atoms with van der Waals surface area (Å²) in [5.41, 5.74) is 1.45. The average Bonchev–Trinajstić information content (AvgIpc) is 3.04. The molecule has 9 nitrogen and oxygen atoms in total. The van der Waals surface area contributed by atoms with Crippen LogP contribution < -0.4 is 20.7 Å². The number of aromatic nitrogens is 4. The topological polar surface area (TPSA) is 106 Å². The minimum absolute atomic E-state index is 0.106. The van der Waals surface area contributed by atoms with E-state index in [9.17, 15) is 17.6 Å². The molecule has 2 aromatic rings. The van der Waals surface area contributed by atoms with Gasteiger partial charge in [0.05, 0.1) is 24.5 Å². The van der Waals surface area contributed by atoms with Crippen molar-refractivity contribution in [3.63, 3.8) is 0 Å². The summed E-state index contributed by atoms with van der Waals surface area (Å²) in [6.45, 7) is 5.48. The molecule has 2 aliphatic heterocycles. The van der Waals surface area contributed by atoms with Gasteiger partial charge in [0.15, 0.2) is 5.82 Å². The maximum Gasteiger partial charge on any atom is 0.446 e. The van der Waals surface area contributed by atoms with Gasteiger partial charge in [-0.2, -0.15) is 18.2 Å². The maximum absolute atomic E-state index is 14.5. The smallest absolute Gasteiger partial charge is 0.446 e. The van der Waals surface area contributed by atoms with Crippen LogP contribution in [0.25, 0.3) is 0 Å². The van der Waals surface area contributed by atoms with Crippen LogP contribution in [0.2, 0.25) is 5.02 Å². The van der Waals surface area contributed by atoms with Crippen LogP contribution in [-0.4, -0.2) is 64.1 Å². The number of alkyl halides is 4. The van der Waals surface area contributed by atoms with E-state index in [1.807, 2.05) is 13.8 Å². The molecule has 2 aliphatic rings. The Morgan fingerprint density at radius 2 is 2.06 bits per heavy atom. The number of aldehydes is 1. The highest BCUT2D eigenvalue weighted by Gasteiger charge is 2.31. The molecule has 1 saturated heterocycles. The zero-order chi connectivity index (χ0) is 24.2. The van der Waals surface area contributed by atoms with Crippen LogP contribution in [0.3, 0.4) is 0 Å². The van der Waals surface area contributed by atoms with Crippen molar-refractivity contribution in [1.82, 2.24) is 25.1 Å². The Kier molecular flexibility index (Phi) is 7.95. The van der Waals surface area contributed by atoms with E-state index in [0.29, 0.717) is 47.9 Å². The summed E-state index contributed by atoms with van der Waals surface area (Å²) in [5, 5.41) is 14.5. The first kappa shape index (κ1) is 25.0. The Hall–Kier alpha value is -2.67. The molecular weight excluding hydrogens is 470 g/mol. The molecule has 4 heterocycles. The standard InChI is InChI=1S/C17H23ClFN7O.C2HF3O/c1-9-4-6-27-16-14(23-17-21-7-11(18)15(22-9)24-17)10(2)26(25-16)13-3-5-20-8-12(13)19;3-2(4,5)1-6/h7,9,12-13,20H,3-6,8H2,1-2H3,(H2,21,22,23,24);1H/t9-,12?,13?;/m1./s1. The number of ether oxygens (including phenoxy) is 1. The molecule has 3 atom stereocenters. The fourth-order valence-electron chi connectivity index (χ4n) is 3.42. The van der Waals surface area contributed by atoms with Crippen molar-refractivity contribution in [3.8, 4) is 5.88 Å². The molecule has 0 saturated carbocycles. The maximum atomic E-state index is 14.5. The van der Waals surface area contributed by atoms with Crippen molar-refractivity contribution < 1.29 is 27.1 Å². The third kappa shape index (κ3) is 6.44. The zero-order valence-corrected chi connectivity index (χ0v) is 18.7. The van der Waals surface area contributed by atoms with Gasteiger partial charge in [-0.3, -0.25) is 9.48 Å². The third-order valence-corrected chi connectivity index (χ3v) is 5.37. The van der Waals surface area contributed by atoms with Gasteiger partial charge in [-0.1, -0.05) is 11.6 Å². The molecule has 0 radical (unpaired) electrons. The van der Waals surface area contributed by atoms with Crippen LogP contribution in [0.4, 0.5) is 35.0 Å². The van der Waals surface area contributed by atoms with E-state index in [2.05, 4.69) is 31.0 Å². The number of hydrogen-bond donors (Lipinski definition) is 3. The first-order valence-corrected chi connectivity index (χ1v) is 10.6. The number of nitrogens with zero attached hydrogens (tertiary/aromatic N) is 4. The Morgan fingerprint density at radius 1 is 1.33 bits per heavy atom. The molecule has 4 rings (SSSR count). The lowest BCUT2D eigenvalue weighted by atomic mass is 10.1. The average molecular weight is 494 g/mol. The number of halogens is 5. The van der Waals surface area contributed by atoms with E-state index in [-0.39, 0.29) is 12.1 Å². The number of rotatable bonds is 1. The van der Waals surface area contributed by atoms with E-state index in [4.69, 9.17) is 21.1 Å². The fraction of sp³-hybridized carbons (Fsp3) is 0.579. The minimum atomic E-state index is -4.64. The fourth-order valence-corrected chi connectivity index (χ4v) is 3.57. The van der Waals surface area contributed by atoms with Gasteiger partial charge < -0.3 is 20.7 Å². The Labute approximate surface area is 192 Å². The number of hydrogen-bond acceptors (Lipinski definition) is 8. The third-order valence-electron chi connectivity index (χ3n) is 5.09. The lowest BCUT2D eigenvalue weighted by Crippen LogP contribution is -2.39.